The second-order valence-electron chi connectivity index (χ2n) is 1.34. The molecular formula is C4H8O5S2. The molecule has 0 spiro atoms. The van der Waals surface area contributed by atoms with Gasteiger partial charge in [0.1, 0.15) is 0 Å². The highest BCUT2D eigenvalue weighted by Gasteiger charge is 2.01. The van der Waals surface area contributed by atoms with Gasteiger partial charge in [0.15, 0.2) is 0 Å². The lowest BCUT2D eigenvalue weighted by atomic mass is 10.5. The number of rotatable bonds is 6. The van der Waals surface area contributed by atoms with E-state index in [0.29, 0.717) is 5.75 Å². The molecule has 0 aliphatic rings. The minimum atomic E-state index is -0.327. The molecule has 0 fully saturated rings. The molecule has 0 saturated carbocycles. The molecule has 0 aromatic rings. The standard InChI is InChI=1S/C4H8O5S2/c1-10-7-4(5)2-3-11-9-8-6/h6H,2-3H2,1H3. The molecule has 11 heavy (non-hydrogen) atoms. The zero-order valence-electron chi connectivity index (χ0n) is 5.81. The number of carbonyl (C=O) groups is 1. The molecule has 0 unspecified atom stereocenters. The zero-order valence-corrected chi connectivity index (χ0v) is 7.44. The minimum Gasteiger partial charge on any atom is -0.392 e. The summed E-state index contributed by atoms with van der Waals surface area (Å²) < 4.78 is 8.55. The van der Waals surface area contributed by atoms with Crippen LogP contribution in [-0.4, -0.2) is 23.2 Å². The fraction of sp³-hybridized carbons (Fsp3) is 0.750. The lowest BCUT2D eigenvalue weighted by Crippen LogP contribution is -1.99. The van der Waals surface area contributed by atoms with Crippen LogP contribution in [0.2, 0.25) is 0 Å². The topological polar surface area (TPSA) is 65.0 Å². The SMILES string of the molecule is CSOC(=O)CCSOOO. The lowest BCUT2D eigenvalue weighted by Gasteiger charge is -1.97. The summed E-state index contributed by atoms with van der Waals surface area (Å²) in [5.74, 6) is 0.0477. The third-order valence-corrected chi connectivity index (χ3v) is 1.52. The van der Waals surface area contributed by atoms with Gasteiger partial charge in [0, 0.05) is 24.1 Å². The van der Waals surface area contributed by atoms with Gasteiger partial charge >= 0.3 is 5.97 Å². The van der Waals surface area contributed by atoms with E-state index in [2.05, 4.69) is 13.6 Å². The molecule has 7 heteroatoms. The van der Waals surface area contributed by atoms with Crippen LogP contribution in [0.5, 0.6) is 0 Å². The maximum Gasteiger partial charge on any atom is 0.318 e. The molecule has 0 rings (SSSR count). The van der Waals surface area contributed by atoms with Crippen LogP contribution in [-0.2, 0) is 18.3 Å². The summed E-state index contributed by atoms with van der Waals surface area (Å²) in [6, 6.07) is 0. The van der Waals surface area contributed by atoms with E-state index in [1.165, 1.54) is 0 Å². The first-order chi connectivity index (χ1) is 5.31. The normalized spacial score (nSPS) is 9.64. The molecule has 0 saturated heterocycles. The Morgan fingerprint density at radius 3 is 2.91 bits per heavy atom. The molecule has 66 valence electrons. The van der Waals surface area contributed by atoms with E-state index < -0.39 is 0 Å². The van der Waals surface area contributed by atoms with Crippen LogP contribution < -0.4 is 0 Å². The predicted molar refractivity (Wildman–Crippen MR) is 41.5 cm³/mol. The van der Waals surface area contributed by atoms with E-state index >= 15 is 0 Å². The molecule has 0 amide bonds. The van der Waals surface area contributed by atoms with Crippen molar-refractivity contribution >= 4 is 30.1 Å². The van der Waals surface area contributed by atoms with Crippen molar-refractivity contribution in [2.45, 2.75) is 6.42 Å². The van der Waals surface area contributed by atoms with Gasteiger partial charge < -0.3 is 4.18 Å². The van der Waals surface area contributed by atoms with Gasteiger partial charge in [-0.05, 0) is 0 Å². The van der Waals surface area contributed by atoms with Gasteiger partial charge in [0.25, 0.3) is 0 Å². The first-order valence-corrected chi connectivity index (χ1v) is 4.70. The van der Waals surface area contributed by atoms with Gasteiger partial charge in [-0.15, -0.1) is 4.33 Å². The van der Waals surface area contributed by atoms with Crippen LogP contribution in [0.1, 0.15) is 6.42 Å². The summed E-state index contributed by atoms with van der Waals surface area (Å²) in [5, 5.41) is 11.0. The van der Waals surface area contributed by atoms with Crippen molar-refractivity contribution in [1.82, 2.24) is 0 Å². The molecule has 0 aromatic carbocycles. The number of hydrogen-bond acceptors (Lipinski definition) is 7. The van der Waals surface area contributed by atoms with E-state index in [4.69, 9.17) is 5.26 Å². The Hall–Kier alpha value is 0.0500. The Balaban J connectivity index is 3.04. The Labute approximate surface area is 72.7 Å². The summed E-state index contributed by atoms with van der Waals surface area (Å²) in [7, 11) is 0. The molecule has 0 atom stereocenters. The second kappa shape index (κ2) is 8.15. The summed E-state index contributed by atoms with van der Waals surface area (Å²) >= 11 is 1.82. The van der Waals surface area contributed by atoms with Crippen LogP contribution in [0.25, 0.3) is 0 Å². The Kier molecular flexibility index (Phi) is 8.19. The molecule has 1 N–H and O–H groups in total. The van der Waals surface area contributed by atoms with Crippen LogP contribution in [0.3, 0.4) is 0 Å². The van der Waals surface area contributed by atoms with Crippen molar-refractivity contribution in [3.05, 3.63) is 0 Å². The molecular weight excluding hydrogens is 192 g/mol. The highest BCUT2D eigenvalue weighted by molar-refractivity contribution is 7.94. The average Bonchev–Trinajstić information content (AvgIpc) is 1.99. The van der Waals surface area contributed by atoms with E-state index in [1.807, 2.05) is 0 Å². The third kappa shape index (κ3) is 7.95. The van der Waals surface area contributed by atoms with Gasteiger partial charge in [-0.3, -0.25) is 4.79 Å². The van der Waals surface area contributed by atoms with Gasteiger partial charge in [0.05, 0.1) is 18.5 Å². The molecule has 0 bridgehead atoms. The average molecular weight is 200 g/mol. The smallest absolute Gasteiger partial charge is 0.318 e. The van der Waals surface area contributed by atoms with E-state index in [-0.39, 0.29) is 12.4 Å². The van der Waals surface area contributed by atoms with E-state index in [9.17, 15) is 4.79 Å². The Morgan fingerprint density at radius 1 is 1.64 bits per heavy atom. The fourth-order valence-corrected chi connectivity index (χ4v) is 0.945. The monoisotopic (exact) mass is 200 g/mol. The minimum absolute atomic E-state index is 0.217. The number of carbonyl (C=O) groups excluding carboxylic acids is 1. The fourth-order valence-electron chi connectivity index (χ4n) is 0.315. The largest absolute Gasteiger partial charge is 0.392 e. The third-order valence-electron chi connectivity index (χ3n) is 0.644. The van der Waals surface area contributed by atoms with Crippen LogP contribution in [0, 0.1) is 0 Å². The Bertz CT molecular complexity index is 109. The van der Waals surface area contributed by atoms with Gasteiger partial charge in [-0.2, -0.15) is 0 Å². The number of hydrogen-bond donors (Lipinski definition) is 1. The molecule has 0 aliphatic carbocycles. The van der Waals surface area contributed by atoms with Crippen molar-refractivity contribution in [2.24, 2.45) is 0 Å². The van der Waals surface area contributed by atoms with Gasteiger partial charge in [-0.1, -0.05) is 5.04 Å². The predicted octanol–water partition coefficient (Wildman–Crippen LogP) is 1.27. The molecule has 0 aliphatic heterocycles. The van der Waals surface area contributed by atoms with Crippen molar-refractivity contribution < 1.29 is 23.6 Å². The molecule has 0 radical (unpaired) electrons. The maximum absolute atomic E-state index is 10.6. The Morgan fingerprint density at radius 2 is 2.36 bits per heavy atom. The lowest BCUT2D eigenvalue weighted by molar-refractivity contribution is -0.432. The second-order valence-corrected chi connectivity index (χ2v) is 2.62. The highest BCUT2D eigenvalue weighted by atomic mass is 32.2. The highest BCUT2D eigenvalue weighted by Crippen LogP contribution is 2.06. The summed E-state index contributed by atoms with van der Waals surface area (Å²) in [4.78, 5) is 10.6. The van der Waals surface area contributed by atoms with Crippen LogP contribution in [0.4, 0.5) is 0 Å². The first-order valence-electron chi connectivity index (χ1n) is 2.64. The molecule has 0 heterocycles. The summed E-state index contributed by atoms with van der Waals surface area (Å²) in [5.41, 5.74) is 0. The molecule has 5 nitrogen and oxygen atoms in total. The maximum atomic E-state index is 10.6. The van der Waals surface area contributed by atoms with Crippen molar-refractivity contribution in [3.8, 4) is 0 Å². The van der Waals surface area contributed by atoms with Gasteiger partial charge in [-0.25, -0.2) is 5.26 Å². The van der Waals surface area contributed by atoms with Crippen molar-refractivity contribution in [2.75, 3.05) is 12.0 Å². The summed E-state index contributed by atoms with van der Waals surface area (Å²) in [6.45, 7) is 0. The van der Waals surface area contributed by atoms with Crippen LogP contribution in [0.15, 0.2) is 0 Å². The first kappa shape index (κ1) is 11.1. The van der Waals surface area contributed by atoms with Gasteiger partial charge in [0.2, 0.25) is 0 Å². The van der Waals surface area contributed by atoms with E-state index in [1.54, 1.807) is 6.26 Å². The quantitative estimate of drug-likeness (QED) is 0.300. The van der Waals surface area contributed by atoms with Crippen molar-refractivity contribution in [1.29, 1.82) is 0 Å². The zero-order chi connectivity index (χ0) is 8.53. The summed E-state index contributed by atoms with van der Waals surface area (Å²) in [6.07, 6.45) is 1.87. The van der Waals surface area contributed by atoms with Crippen LogP contribution >= 0.6 is 24.1 Å². The van der Waals surface area contributed by atoms with E-state index in [0.717, 1.165) is 24.1 Å². The molecule has 0 aromatic heterocycles. The van der Waals surface area contributed by atoms with Crippen molar-refractivity contribution in [3.63, 3.8) is 0 Å².